The van der Waals surface area contributed by atoms with Gasteiger partial charge in [0.15, 0.2) is 0 Å². The highest BCUT2D eigenvalue weighted by molar-refractivity contribution is 5.78. The van der Waals surface area contributed by atoms with Crippen molar-refractivity contribution in [2.75, 3.05) is 13.6 Å². The van der Waals surface area contributed by atoms with Crippen LogP contribution in [0.25, 0.3) is 10.9 Å². The average Bonchev–Trinajstić information content (AvgIpc) is 2.55. The second-order valence-corrected chi connectivity index (χ2v) is 6.34. The maximum Gasteiger partial charge on any atom is 0.0705 e. The van der Waals surface area contributed by atoms with E-state index in [0.29, 0.717) is 0 Å². The molecule has 3 nitrogen and oxygen atoms in total. The number of nitrogens with two attached hydrogens (primary N) is 1. The van der Waals surface area contributed by atoms with E-state index in [0.717, 1.165) is 24.3 Å². The Morgan fingerprint density at radius 2 is 1.86 bits per heavy atom. The molecule has 3 rings (SSSR count). The third kappa shape index (κ3) is 2.94. The Labute approximate surface area is 127 Å². The zero-order valence-corrected chi connectivity index (χ0v) is 12.9. The SMILES string of the molecule is CN(Cc1ccc2ccccc2n1)C1(CN)CCCCC1. The van der Waals surface area contributed by atoms with Gasteiger partial charge in [-0.3, -0.25) is 9.88 Å². The van der Waals surface area contributed by atoms with Gasteiger partial charge in [0.25, 0.3) is 0 Å². The van der Waals surface area contributed by atoms with Gasteiger partial charge in [0.1, 0.15) is 0 Å². The lowest BCUT2D eigenvalue weighted by Crippen LogP contribution is -2.52. The Morgan fingerprint density at radius 3 is 2.62 bits per heavy atom. The standard InChI is InChI=1S/C18H25N3/c1-21(18(14-19)11-5-2-6-12-18)13-16-10-9-15-7-3-4-8-17(15)20-16/h3-4,7-10H,2,5-6,11-14,19H2,1H3. The van der Waals surface area contributed by atoms with E-state index in [1.54, 1.807) is 0 Å². The topological polar surface area (TPSA) is 42.2 Å². The number of hydrogen-bond donors (Lipinski definition) is 1. The number of likely N-dealkylation sites (N-methyl/N-ethyl adjacent to an activating group) is 1. The Kier molecular flexibility index (Phi) is 4.22. The van der Waals surface area contributed by atoms with Gasteiger partial charge < -0.3 is 5.73 Å². The first-order chi connectivity index (χ1) is 10.2. The molecule has 0 unspecified atom stereocenters. The van der Waals surface area contributed by atoms with E-state index in [2.05, 4.69) is 42.3 Å². The van der Waals surface area contributed by atoms with Crippen LogP contribution >= 0.6 is 0 Å². The van der Waals surface area contributed by atoms with Gasteiger partial charge in [-0.25, -0.2) is 0 Å². The van der Waals surface area contributed by atoms with E-state index in [9.17, 15) is 0 Å². The van der Waals surface area contributed by atoms with Crippen LogP contribution in [0.1, 0.15) is 37.8 Å². The highest BCUT2D eigenvalue weighted by atomic mass is 15.2. The smallest absolute Gasteiger partial charge is 0.0705 e. The fourth-order valence-electron chi connectivity index (χ4n) is 3.56. The summed E-state index contributed by atoms with van der Waals surface area (Å²) in [6.45, 7) is 1.62. The van der Waals surface area contributed by atoms with Gasteiger partial charge in [-0.2, -0.15) is 0 Å². The number of para-hydroxylation sites is 1. The molecule has 1 saturated carbocycles. The molecular formula is C18H25N3. The molecule has 21 heavy (non-hydrogen) atoms. The molecule has 1 aliphatic rings. The second-order valence-electron chi connectivity index (χ2n) is 6.34. The highest BCUT2D eigenvalue weighted by Gasteiger charge is 2.34. The van der Waals surface area contributed by atoms with Crippen molar-refractivity contribution >= 4 is 10.9 Å². The normalized spacial score (nSPS) is 18.2. The van der Waals surface area contributed by atoms with Gasteiger partial charge in [-0.15, -0.1) is 0 Å². The fraction of sp³-hybridized carbons (Fsp3) is 0.500. The first-order valence-corrected chi connectivity index (χ1v) is 7.99. The van der Waals surface area contributed by atoms with Crippen LogP contribution in [0.15, 0.2) is 36.4 Å². The molecule has 0 bridgehead atoms. The van der Waals surface area contributed by atoms with Gasteiger partial charge in [0, 0.05) is 24.0 Å². The minimum Gasteiger partial charge on any atom is -0.329 e. The number of rotatable bonds is 4. The van der Waals surface area contributed by atoms with Crippen molar-refractivity contribution in [1.29, 1.82) is 0 Å². The lowest BCUT2D eigenvalue weighted by molar-refractivity contribution is 0.0748. The van der Waals surface area contributed by atoms with Crippen molar-refractivity contribution in [3.8, 4) is 0 Å². The Morgan fingerprint density at radius 1 is 1.10 bits per heavy atom. The van der Waals surface area contributed by atoms with Crippen molar-refractivity contribution in [2.45, 2.75) is 44.2 Å². The average molecular weight is 283 g/mol. The van der Waals surface area contributed by atoms with Gasteiger partial charge in [0.2, 0.25) is 0 Å². The van der Waals surface area contributed by atoms with Gasteiger partial charge in [-0.1, -0.05) is 43.5 Å². The molecular weight excluding hydrogens is 258 g/mol. The van der Waals surface area contributed by atoms with Crippen LogP contribution in [0.2, 0.25) is 0 Å². The van der Waals surface area contributed by atoms with Gasteiger partial charge in [0.05, 0.1) is 11.2 Å². The zero-order chi connectivity index (χ0) is 14.7. The van der Waals surface area contributed by atoms with E-state index >= 15 is 0 Å². The van der Waals surface area contributed by atoms with Crippen LogP contribution in [-0.2, 0) is 6.54 Å². The molecule has 2 aromatic rings. The number of nitrogens with zero attached hydrogens (tertiary/aromatic N) is 2. The lowest BCUT2D eigenvalue weighted by atomic mass is 9.80. The molecule has 3 heteroatoms. The first-order valence-electron chi connectivity index (χ1n) is 7.99. The van der Waals surface area contributed by atoms with Crippen molar-refractivity contribution in [3.63, 3.8) is 0 Å². The monoisotopic (exact) mass is 283 g/mol. The summed E-state index contributed by atoms with van der Waals surface area (Å²) in [6, 6.07) is 12.6. The van der Waals surface area contributed by atoms with E-state index in [-0.39, 0.29) is 5.54 Å². The summed E-state index contributed by atoms with van der Waals surface area (Å²) in [5.74, 6) is 0. The van der Waals surface area contributed by atoms with Crippen LogP contribution < -0.4 is 5.73 Å². The molecule has 0 atom stereocenters. The number of fused-ring (bicyclic) bond motifs is 1. The molecule has 0 amide bonds. The summed E-state index contributed by atoms with van der Waals surface area (Å²) < 4.78 is 0. The second kappa shape index (κ2) is 6.12. The predicted octanol–water partition coefficient (Wildman–Crippen LogP) is 3.33. The molecule has 1 heterocycles. The molecule has 0 spiro atoms. The van der Waals surface area contributed by atoms with E-state index in [1.807, 2.05) is 6.07 Å². The molecule has 0 aliphatic heterocycles. The summed E-state index contributed by atoms with van der Waals surface area (Å²) in [6.07, 6.45) is 6.38. The van der Waals surface area contributed by atoms with E-state index in [1.165, 1.54) is 37.5 Å². The number of benzene rings is 1. The molecule has 2 N–H and O–H groups in total. The molecule has 1 aliphatic carbocycles. The third-order valence-corrected chi connectivity index (χ3v) is 5.03. The molecule has 112 valence electrons. The first kappa shape index (κ1) is 14.5. The number of hydrogen-bond acceptors (Lipinski definition) is 3. The highest BCUT2D eigenvalue weighted by Crippen LogP contribution is 2.32. The van der Waals surface area contributed by atoms with Crippen molar-refractivity contribution in [1.82, 2.24) is 9.88 Å². The van der Waals surface area contributed by atoms with E-state index in [4.69, 9.17) is 10.7 Å². The molecule has 1 aromatic heterocycles. The quantitative estimate of drug-likeness (QED) is 0.936. The summed E-state index contributed by atoms with van der Waals surface area (Å²) in [4.78, 5) is 7.23. The third-order valence-electron chi connectivity index (χ3n) is 5.03. The van der Waals surface area contributed by atoms with Crippen LogP contribution in [-0.4, -0.2) is 29.0 Å². The molecule has 1 fully saturated rings. The maximum absolute atomic E-state index is 6.12. The molecule has 1 aromatic carbocycles. The summed E-state index contributed by atoms with van der Waals surface area (Å²) in [5.41, 5.74) is 8.50. The van der Waals surface area contributed by atoms with Crippen molar-refractivity contribution in [2.24, 2.45) is 5.73 Å². The zero-order valence-electron chi connectivity index (χ0n) is 12.9. The largest absolute Gasteiger partial charge is 0.329 e. The minimum absolute atomic E-state index is 0.172. The summed E-state index contributed by atoms with van der Waals surface area (Å²) in [5, 5.41) is 1.20. The lowest BCUT2D eigenvalue weighted by Gasteiger charge is -2.44. The van der Waals surface area contributed by atoms with E-state index < -0.39 is 0 Å². The maximum atomic E-state index is 6.12. The molecule has 0 saturated heterocycles. The number of aromatic nitrogens is 1. The van der Waals surface area contributed by atoms with Gasteiger partial charge >= 0.3 is 0 Å². The Balaban J connectivity index is 1.80. The van der Waals surface area contributed by atoms with Crippen LogP contribution in [0.3, 0.4) is 0 Å². The predicted molar refractivity (Wildman–Crippen MR) is 88.1 cm³/mol. The number of pyridine rings is 1. The fourth-order valence-corrected chi connectivity index (χ4v) is 3.56. The van der Waals surface area contributed by atoms with Crippen LogP contribution in [0.5, 0.6) is 0 Å². The van der Waals surface area contributed by atoms with Gasteiger partial charge in [-0.05, 0) is 32.0 Å². The summed E-state index contributed by atoms with van der Waals surface area (Å²) in [7, 11) is 2.20. The minimum atomic E-state index is 0.172. The summed E-state index contributed by atoms with van der Waals surface area (Å²) >= 11 is 0. The van der Waals surface area contributed by atoms with Crippen molar-refractivity contribution in [3.05, 3.63) is 42.1 Å². The van der Waals surface area contributed by atoms with Crippen LogP contribution in [0, 0.1) is 0 Å². The van der Waals surface area contributed by atoms with Crippen LogP contribution in [0.4, 0.5) is 0 Å². The Bertz CT molecular complexity index is 602. The van der Waals surface area contributed by atoms with Crippen molar-refractivity contribution < 1.29 is 0 Å². The Hall–Kier alpha value is -1.45. The molecule has 0 radical (unpaired) electrons.